The number of nitrogens with zero attached hydrogens (tertiary/aromatic N) is 1. The van der Waals surface area contributed by atoms with Crippen LogP contribution in [0, 0.1) is 9.39 Å². The average Bonchev–Trinajstić information content (AvgIpc) is 2.32. The first-order chi connectivity index (χ1) is 8.56. The van der Waals surface area contributed by atoms with Crippen molar-refractivity contribution in [3.63, 3.8) is 0 Å². The van der Waals surface area contributed by atoms with Gasteiger partial charge in [0.15, 0.2) is 0 Å². The van der Waals surface area contributed by atoms with E-state index < -0.39 is 0 Å². The molecule has 0 saturated heterocycles. The van der Waals surface area contributed by atoms with Crippen molar-refractivity contribution in [3.8, 4) is 0 Å². The summed E-state index contributed by atoms with van der Waals surface area (Å²) >= 11 is 5.13. The molecule has 1 N–H and O–H groups in total. The molecule has 0 fully saturated rings. The summed E-state index contributed by atoms with van der Waals surface area (Å²) in [6.45, 7) is 0. The number of pyridine rings is 1. The Kier molecular flexibility index (Phi) is 4.28. The highest BCUT2D eigenvalue weighted by atomic mass is 127. The summed E-state index contributed by atoms with van der Waals surface area (Å²) in [6.07, 6.45) is 1.54. The number of benzene rings is 1. The third-order valence-electron chi connectivity index (χ3n) is 2.16. The first-order valence-corrected chi connectivity index (χ1v) is 6.81. The average molecular weight is 421 g/mol. The predicted octanol–water partition coefficient (Wildman–Crippen LogP) is 3.84. The van der Waals surface area contributed by atoms with Crippen molar-refractivity contribution in [2.75, 3.05) is 5.32 Å². The van der Waals surface area contributed by atoms with Gasteiger partial charge in [0.2, 0.25) is 0 Å². The molecule has 2 rings (SSSR count). The van der Waals surface area contributed by atoms with E-state index in [0.29, 0.717) is 19.4 Å². The van der Waals surface area contributed by atoms with E-state index in [1.165, 1.54) is 18.2 Å². The van der Waals surface area contributed by atoms with Crippen molar-refractivity contribution in [2.45, 2.75) is 0 Å². The molecule has 3 nitrogen and oxygen atoms in total. The summed E-state index contributed by atoms with van der Waals surface area (Å²) in [4.78, 5) is 16.0. The van der Waals surface area contributed by atoms with E-state index in [0.717, 1.165) is 0 Å². The van der Waals surface area contributed by atoms with Gasteiger partial charge >= 0.3 is 0 Å². The Hall–Kier alpha value is -1.02. The molecule has 1 heterocycles. The van der Waals surface area contributed by atoms with Crippen LogP contribution < -0.4 is 5.32 Å². The Bertz CT molecular complexity index is 589. The summed E-state index contributed by atoms with van der Waals surface area (Å²) in [7, 11) is 0. The van der Waals surface area contributed by atoms with E-state index in [4.69, 9.17) is 0 Å². The normalized spacial score (nSPS) is 10.2. The van der Waals surface area contributed by atoms with E-state index in [1.807, 2.05) is 22.6 Å². The summed E-state index contributed by atoms with van der Waals surface area (Å²) in [5.74, 6) is -0.648. The van der Waals surface area contributed by atoms with Gasteiger partial charge in [-0.05, 0) is 68.9 Å². The second-order valence-electron chi connectivity index (χ2n) is 3.45. The third-order valence-corrected chi connectivity index (χ3v) is 3.52. The van der Waals surface area contributed by atoms with Crippen molar-refractivity contribution in [2.24, 2.45) is 0 Å². The summed E-state index contributed by atoms with van der Waals surface area (Å²) < 4.78 is 14.2. The van der Waals surface area contributed by atoms with Crippen molar-refractivity contribution in [1.82, 2.24) is 4.98 Å². The first kappa shape index (κ1) is 13.4. The highest BCUT2D eigenvalue weighted by Crippen LogP contribution is 2.16. The molecule has 0 aliphatic heterocycles. The molecule has 6 heteroatoms. The molecule has 2 aromatic rings. The maximum atomic E-state index is 12.9. The molecular formula is C12H7BrFIN2O. The highest BCUT2D eigenvalue weighted by Gasteiger charge is 2.10. The van der Waals surface area contributed by atoms with E-state index in [9.17, 15) is 9.18 Å². The number of anilines is 1. The summed E-state index contributed by atoms with van der Waals surface area (Å²) in [6, 6.07) is 7.49. The van der Waals surface area contributed by atoms with Crippen LogP contribution in [0.25, 0.3) is 0 Å². The van der Waals surface area contributed by atoms with Crippen LogP contribution in [-0.4, -0.2) is 10.9 Å². The van der Waals surface area contributed by atoms with Gasteiger partial charge in [-0.2, -0.15) is 0 Å². The van der Waals surface area contributed by atoms with Crippen LogP contribution in [-0.2, 0) is 0 Å². The molecule has 0 unspecified atom stereocenters. The van der Waals surface area contributed by atoms with Crippen LogP contribution in [0.15, 0.2) is 41.1 Å². The number of hydrogen-bond donors (Lipinski definition) is 1. The van der Waals surface area contributed by atoms with Crippen molar-refractivity contribution in [3.05, 3.63) is 56.1 Å². The maximum absolute atomic E-state index is 12.9. The Morgan fingerprint density at radius 3 is 2.72 bits per heavy atom. The topological polar surface area (TPSA) is 42.0 Å². The van der Waals surface area contributed by atoms with Gasteiger partial charge in [0, 0.05) is 3.57 Å². The lowest BCUT2D eigenvalue weighted by atomic mass is 10.2. The van der Waals surface area contributed by atoms with Crippen LogP contribution >= 0.6 is 38.5 Å². The van der Waals surface area contributed by atoms with Crippen LogP contribution in [0.1, 0.15) is 10.4 Å². The third kappa shape index (κ3) is 3.26. The molecule has 1 aromatic carbocycles. The quantitative estimate of drug-likeness (QED) is 0.592. The number of aromatic nitrogens is 1. The molecular weight excluding hydrogens is 414 g/mol. The molecule has 0 radical (unpaired) electrons. The molecule has 92 valence electrons. The van der Waals surface area contributed by atoms with E-state index in [2.05, 4.69) is 26.2 Å². The molecule has 0 aliphatic carbocycles. The number of nitrogens with one attached hydrogen (secondary N) is 1. The molecule has 0 atom stereocenters. The monoisotopic (exact) mass is 420 g/mol. The minimum Gasteiger partial charge on any atom is -0.321 e. The lowest BCUT2D eigenvalue weighted by Crippen LogP contribution is -2.13. The van der Waals surface area contributed by atoms with Crippen LogP contribution in [0.2, 0.25) is 0 Å². The second-order valence-corrected chi connectivity index (χ2v) is 5.42. The molecule has 0 saturated carbocycles. The van der Waals surface area contributed by atoms with Gasteiger partial charge in [-0.25, -0.2) is 9.37 Å². The zero-order valence-corrected chi connectivity index (χ0v) is 12.7. The number of halogens is 3. The fourth-order valence-electron chi connectivity index (χ4n) is 1.32. The number of carbonyl (C=O) groups excluding carboxylic acids is 1. The zero-order chi connectivity index (χ0) is 13.1. The Morgan fingerprint density at radius 1 is 1.33 bits per heavy atom. The minimum absolute atomic E-state index is 0.288. The number of rotatable bonds is 2. The van der Waals surface area contributed by atoms with Gasteiger partial charge in [0.25, 0.3) is 5.91 Å². The van der Waals surface area contributed by atoms with E-state index in [-0.39, 0.29) is 11.7 Å². The molecule has 18 heavy (non-hydrogen) atoms. The van der Waals surface area contributed by atoms with Gasteiger partial charge in [-0.15, -0.1) is 0 Å². The molecule has 1 amide bonds. The zero-order valence-electron chi connectivity index (χ0n) is 8.95. The maximum Gasteiger partial charge on any atom is 0.256 e. The molecule has 0 bridgehead atoms. The van der Waals surface area contributed by atoms with Gasteiger partial charge < -0.3 is 5.32 Å². The minimum atomic E-state index is -0.360. The Balaban J connectivity index is 2.19. The van der Waals surface area contributed by atoms with Crippen molar-refractivity contribution in [1.29, 1.82) is 0 Å². The summed E-state index contributed by atoms with van der Waals surface area (Å²) in [5.41, 5.74) is 1.02. The van der Waals surface area contributed by atoms with Gasteiger partial charge in [0.05, 0.1) is 17.4 Å². The highest BCUT2D eigenvalue weighted by molar-refractivity contribution is 14.1. The van der Waals surface area contributed by atoms with Crippen LogP contribution in [0.3, 0.4) is 0 Å². The SMILES string of the molecule is O=C(Nc1ccc(Br)nc1)c1ccc(F)cc1I. The van der Waals surface area contributed by atoms with Crippen molar-refractivity contribution >= 4 is 50.1 Å². The number of carbonyl (C=O) groups is 1. The standard InChI is InChI=1S/C12H7BrFIN2O/c13-11-4-2-8(6-16-11)17-12(18)9-3-1-7(14)5-10(9)15/h1-6H,(H,17,18). The van der Waals surface area contributed by atoms with Crippen molar-refractivity contribution < 1.29 is 9.18 Å². The molecule has 1 aromatic heterocycles. The Labute approximate surface area is 125 Å². The largest absolute Gasteiger partial charge is 0.321 e. The fourth-order valence-corrected chi connectivity index (χ4v) is 2.28. The summed E-state index contributed by atoms with van der Waals surface area (Å²) in [5, 5.41) is 2.70. The smallest absolute Gasteiger partial charge is 0.256 e. The molecule has 0 aliphatic rings. The Morgan fingerprint density at radius 2 is 2.11 bits per heavy atom. The van der Waals surface area contributed by atoms with Crippen LogP contribution in [0.4, 0.5) is 10.1 Å². The fraction of sp³-hybridized carbons (Fsp3) is 0. The lowest BCUT2D eigenvalue weighted by Gasteiger charge is -2.06. The predicted molar refractivity (Wildman–Crippen MR) is 79.0 cm³/mol. The first-order valence-electron chi connectivity index (χ1n) is 4.94. The van der Waals surface area contributed by atoms with Gasteiger partial charge in [-0.1, -0.05) is 0 Å². The lowest BCUT2D eigenvalue weighted by molar-refractivity contribution is 0.102. The second kappa shape index (κ2) is 5.75. The molecule has 0 spiro atoms. The van der Waals surface area contributed by atoms with Gasteiger partial charge in [-0.3, -0.25) is 4.79 Å². The van der Waals surface area contributed by atoms with E-state index >= 15 is 0 Å². The van der Waals surface area contributed by atoms with Crippen LogP contribution in [0.5, 0.6) is 0 Å². The van der Waals surface area contributed by atoms with Gasteiger partial charge in [0.1, 0.15) is 10.4 Å². The number of hydrogen-bond acceptors (Lipinski definition) is 2. The number of amides is 1. The van der Waals surface area contributed by atoms with E-state index in [1.54, 1.807) is 18.3 Å².